The Kier molecular flexibility index (Phi) is 8.55. The molecule has 28 heavy (non-hydrogen) atoms. The fraction of sp³-hybridized carbons (Fsp3) is 0.727. The number of carbonyl (C=O) groups excluding carboxylic acids is 1. The van der Waals surface area contributed by atoms with Crippen molar-refractivity contribution in [2.24, 2.45) is 5.92 Å². The molecule has 1 saturated heterocycles. The standard InChI is InChI=1S/C22H36N4O2/c1-28-14-12-24-22(27)26(16-19-7-5-11-23-15-19)18-20-8-6-13-25(17-20)21-9-3-2-4-10-21/h5,7,11,15,20-21H,2-4,6,8-10,12-14,16-18H2,1H3,(H,24,27)/t20-/m1/s1. The van der Waals surface area contributed by atoms with E-state index in [9.17, 15) is 4.79 Å². The normalized spacial score (nSPS) is 21.4. The molecule has 1 aliphatic heterocycles. The lowest BCUT2D eigenvalue weighted by molar-refractivity contribution is 0.0835. The molecule has 1 aromatic heterocycles. The summed E-state index contributed by atoms with van der Waals surface area (Å²) in [6, 6.07) is 4.73. The first-order valence-corrected chi connectivity index (χ1v) is 10.9. The van der Waals surface area contributed by atoms with Crippen molar-refractivity contribution in [2.75, 3.05) is 39.9 Å². The summed E-state index contributed by atoms with van der Waals surface area (Å²) in [5.74, 6) is 0.542. The monoisotopic (exact) mass is 388 g/mol. The summed E-state index contributed by atoms with van der Waals surface area (Å²) in [5.41, 5.74) is 1.07. The third-order valence-electron chi connectivity index (χ3n) is 6.09. The molecular weight excluding hydrogens is 352 g/mol. The van der Waals surface area contributed by atoms with E-state index in [4.69, 9.17) is 4.74 Å². The van der Waals surface area contributed by atoms with E-state index in [0.29, 0.717) is 25.6 Å². The molecule has 0 spiro atoms. The zero-order valence-corrected chi connectivity index (χ0v) is 17.3. The van der Waals surface area contributed by atoms with Gasteiger partial charge in [0.15, 0.2) is 0 Å². The van der Waals surface area contributed by atoms with Gasteiger partial charge in [0.05, 0.1) is 6.61 Å². The van der Waals surface area contributed by atoms with E-state index in [1.54, 1.807) is 13.3 Å². The van der Waals surface area contributed by atoms with Crippen LogP contribution in [0.25, 0.3) is 0 Å². The number of hydrogen-bond donors (Lipinski definition) is 1. The maximum absolute atomic E-state index is 12.8. The molecule has 2 amide bonds. The molecule has 0 unspecified atom stereocenters. The van der Waals surface area contributed by atoms with Crippen LogP contribution in [0, 0.1) is 5.92 Å². The SMILES string of the molecule is COCCNC(=O)N(Cc1cccnc1)C[C@@H]1CCCN(C2CCCCC2)C1. The Morgan fingerprint density at radius 2 is 2.14 bits per heavy atom. The molecule has 1 aromatic rings. The molecule has 2 aliphatic rings. The lowest BCUT2D eigenvalue weighted by Gasteiger charge is -2.41. The van der Waals surface area contributed by atoms with E-state index in [1.165, 1.54) is 51.5 Å². The van der Waals surface area contributed by atoms with Gasteiger partial charge in [-0.05, 0) is 49.8 Å². The van der Waals surface area contributed by atoms with Crippen LogP contribution >= 0.6 is 0 Å². The summed E-state index contributed by atoms with van der Waals surface area (Å²) in [6.45, 7) is 4.83. The fourth-order valence-electron chi connectivity index (χ4n) is 4.64. The van der Waals surface area contributed by atoms with Crippen molar-refractivity contribution in [3.8, 4) is 0 Å². The third kappa shape index (κ3) is 6.45. The summed E-state index contributed by atoms with van der Waals surface area (Å²) in [6.07, 6.45) is 12.9. The highest BCUT2D eigenvalue weighted by atomic mass is 16.5. The number of hydrogen-bond acceptors (Lipinski definition) is 4. The topological polar surface area (TPSA) is 57.7 Å². The molecule has 6 heteroatoms. The number of nitrogens with one attached hydrogen (secondary N) is 1. The van der Waals surface area contributed by atoms with Crippen molar-refractivity contribution in [3.05, 3.63) is 30.1 Å². The average molecular weight is 389 g/mol. The quantitative estimate of drug-likeness (QED) is 0.695. The van der Waals surface area contributed by atoms with Gasteiger partial charge in [0.1, 0.15) is 0 Å². The van der Waals surface area contributed by atoms with Crippen molar-refractivity contribution < 1.29 is 9.53 Å². The highest BCUT2D eigenvalue weighted by Gasteiger charge is 2.29. The van der Waals surface area contributed by atoms with E-state index < -0.39 is 0 Å². The summed E-state index contributed by atoms with van der Waals surface area (Å²) in [5, 5.41) is 3.00. The van der Waals surface area contributed by atoms with Crippen molar-refractivity contribution in [1.82, 2.24) is 20.1 Å². The van der Waals surface area contributed by atoms with Crippen LogP contribution in [0.4, 0.5) is 4.79 Å². The van der Waals surface area contributed by atoms with Crippen LogP contribution in [0.2, 0.25) is 0 Å². The van der Waals surface area contributed by atoms with Gasteiger partial charge in [0.2, 0.25) is 0 Å². The second-order valence-corrected chi connectivity index (χ2v) is 8.26. The van der Waals surface area contributed by atoms with E-state index in [2.05, 4.69) is 15.2 Å². The van der Waals surface area contributed by atoms with E-state index in [1.807, 2.05) is 23.2 Å². The van der Waals surface area contributed by atoms with Crippen LogP contribution in [0.3, 0.4) is 0 Å². The van der Waals surface area contributed by atoms with Gasteiger partial charge in [0, 0.05) is 51.7 Å². The number of urea groups is 1. The fourth-order valence-corrected chi connectivity index (χ4v) is 4.64. The largest absolute Gasteiger partial charge is 0.383 e. The molecule has 6 nitrogen and oxygen atoms in total. The number of ether oxygens (including phenoxy) is 1. The molecule has 1 atom stereocenters. The second kappa shape index (κ2) is 11.4. The van der Waals surface area contributed by atoms with Crippen LogP contribution in [-0.2, 0) is 11.3 Å². The van der Waals surface area contributed by atoms with Gasteiger partial charge in [-0.3, -0.25) is 4.98 Å². The summed E-state index contributed by atoms with van der Waals surface area (Å²) < 4.78 is 5.07. The smallest absolute Gasteiger partial charge is 0.317 e. The minimum absolute atomic E-state index is 0.00399. The van der Waals surface area contributed by atoms with Crippen molar-refractivity contribution in [2.45, 2.75) is 57.5 Å². The molecule has 1 N–H and O–H groups in total. The van der Waals surface area contributed by atoms with Gasteiger partial charge in [-0.1, -0.05) is 25.3 Å². The molecular formula is C22H36N4O2. The molecule has 3 rings (SSSR count). The van der Waals surface area contributed by atoms with E-state index in [0.717, 1.165) is 24.7 Å². The number of amides is 2. The zero-order chi connectivity index (χ0) is 19.6. The van der Waals surface area contributed by atoms with Crippen LogP contribution in [0.1, 0.15) is 50.5 Å². The minimum Gasteiger partial charge on any atom is -0.383 e. The highest BCUT2D eigenvalue weighted by Crippen LogP contribution is 2.27. The molecule has 0 radical (unpaired) electrons. The number of rotatable bonds is 8. The Morgan fingerprint density at radius 1 is 1.29 bits per heavy atom. The number of pyridine rings is 1. The Balaban J connectivity index is 1.59. The first-order chi connectivity index (χ1) is 13.8. The molecule has 2 heterocycles. The lowest BCUT2D eigenvalue weighted by Crippen LogP contribution is -2.48. The third-order valence-corrected chi connectivity index (χ3v) is 6.09. The Morgan fingerprint density at radius 3 is 2.89 bits per heavy atom. The van der Waals surface area contributed by atoms with E-state index >= 15 is 0 Å². The Labute approximate surface area is 169 Å². The Hall–Kier alpha value is -1.66. The maximum atomic E-state index is 12.8. The summed E-state index contributed by atoms with van der Waals surface area (Å²) >= 11 is 0. The number of likely N-dealkylation sites (tertiary alicyclic amines) is 1. The zero-order valence-electron chi connectivity index (χ0n) is 17.3. The van der Waals surface area contributed by atoms with Crippen LogP contribution in [-0.4, -0.2) is 66.8 Å². The average Bonchev–Trinajstić information content (AvgIpc) is 2.75. The number of methoxy groups -OCH3 is 1. The number of carbonyl (C=O) groups is 1. The lowest BCUT2D eigenvalue weighted by atomic mass is 9.90. The van der Waals surface area contributed by atoms with Gasteiger partial charge in [-0.15, -0.1) is 0 Å². The van der Waals surface area contributed by atoms with Crippen molar-refractivity contribution >= 4 is 6.03 Å². The van der Waals surface area contributed by atoms with Crippen LogP contribution in [0.5, 0.6) is 0 Å². The van der Waals surface area contributed by atoms with Gasteiger partial charge < -0.3 is 19.9 Å². The Bertz CT molecular complexity index is 577. The molecule has 0 aromatic carbocycles. The molecule has 156 valence electrons. The molecule has 2 fully saturated rings. The van der Waals surface area contributed by atoms with Gasteiger partial charge in [0.25, 0.3) is 0 Å². The van der Waals surface area contributed by atoms with Gasteiger partial charge >= 0.3 is 6.03 Å². The minimum atomic E-state index is -0.00399. The molecule has 0 bridgehead atoms. The summed E-state index contributed by atoms with van der Waals surface area (Å²) in [7, 11) is 1.65. The first-order valence-electron chi connectivity index (χ1n) is 10.9. The van der Waals surface area contributed by atoms with Crippen molar-refractivity contribution in [1.29, 1.82) is 0 Å². The van der Waals surface area contributed by atoms with Crippen LogP contribution in [0.15, 0.2) is 24.5 Å². The maximum Gasteiger partial charge on any atom is 0.317 e. The van der Waals surface area contributed by atoms with Gasteiger partial charge in [-0.25, -0.2) is 4.79 Å². The summed E-state index contributed by atoms with van der Waals surface area (Å²) in [4.78, 5) is 21.7. The highest BCUT2D eigenvalue weighted by molar-refractivity contribution is 5.74. The van der Waals surface area contributed by atoms with Crippen LogP contribution < -0.4 is 5.32 Å². The molecule has 1 aliphatic carbocycles. The van der Waals surface area contributed by atoms with Crippen molar-refractivity contribution in [3.63, 3.8) is 0 Å². The number of piperidine rings is 1. The number of aromatic nitrogens is 1. The predicted molar refractivity (Wildman–Crippen MR) is 111 cm³/mol. The molecule has 1 saturated carbocycles. The number of nitrogens with zero attached hydrogens (tertiary/aromatic N) is 3. The van der Waals surface area contributed by atoms with E-state index in [-0.39, 0.29) is 6.03 Å². The first kappa shape index (κ1) is 21.1. The second-order valence-electron chi connectivity index (χ2n) is 8.26. The van der Waals surface area contributed by atoms with Gasteiger partial charge in [-0.2, -0.15) is 0 Å². The predicted octanol–water partition coefficient (Wildman–Crippen LogP) is 3.28.